The Balaban J connectivity index is 1.36. The van der Waals surface area contributed by atoms with Crippen LogP contribution in [0.4, 0.5) is 0 Å². The number of nitrogens with zero attached hydrogens (tertiary/aromatic N) is 5. The number of carbonyl (C=O) groups excluding carboxylic acids is 1. The first-order valence-electron chi connectivity index (χ1n) is 8.59. The first kappa shape index (κ1) is 16.3. The number of aryl methyl sites for hydroxylation is 1. The molecule has 0 unspecified atom stereocenters. The first-order valence-corrected chi connectivity index (χ1v) is 8.59. The molecule has 3 aromatic rings. The van der Waals surface area contributed by atoms with E-state index in [0.29, 0.717) is 24.5 Å². The number of carbonyl (C=O) groups is 1. The summed E-state index contributed by atoms with van der Waals surface area (Å²) < 4.78 is 7.72. The topological polar surface area (TPSA) is 73.1 Å². The lowest BCUT2D eigenvalue weighted by Crippen LogP contribution is -2.56. The van der Waals surface area contributed by atoms with E-state index in [2.05, 4.69) is 28.2 Å². The molecule has 1 aliphatic heterocycles. The van der Waals surface area contributed by atoms with Crippen LogP contribution in [0.5, 0.6) is 5.75 Å². The Morgan fingerprint density at radius 2 is 1.92 bits per heavy atom. The predicted octanol–water partition coefficient (Wildman–Crippen LogP) is 2.13. The fourth-order valence-electron chi connectivity index (χ4n) is 2.94. The van der Waals surface area contributed by atoms with E-state index in [0.717, 1.165) is 12.2 Å². The van der Waals surface area contributed by atoms with Gasteiger partial charge in [-0.2, -0.15) is 0 Å². The van der Waals surface area contributed by atoms with E-state index in [4.69, 9.17) is 4.74 Å². The van der Waals surface area contributed by atoms with E-state index >= 15 is 0 Å². The lowest BCUT2D eigenvalue weighted by atomic mass is 10.1. The molecule has 0 saturated carbocycles. The summed E-state index contributed by atoms with van der Waals surface area (Å²) in [5.74, 6) is 1.55. The Hall–Kier alpha value is -3.22. The number of benzene rings is 1. The highest BCUT2D eigenvalue weighted by Crippen LogP contribution is 2.24. The second-order valence-electron chi connectivity index (χ2n) is 6.19. The zero-order chi connectivity index (χ0) is 17.9. The molecule has 26 heavy (non-hydrogen) atoms. The SMILES string of the molecule is CCc1ccccc1OC1CN(C(=O)c2ccc(-n3cnnc3)nc2)C1. The van der Waals surface area contributed by atoms with Crippen LogP contribution in [-0.4, -0.2) is 49.7 Å². The van der Waals surface area contributed by atoms with Crippen molar-refractivity contribution >= 4 is 5.91 Å². The van der Waals surface area contributed by atoms with Gasteiger partial charge in [0.25, 0.3) is 5.91 Å². The normalized spacial score (nSPS) is 14.1. The van der Waals surface area contributed by atoms with Gasteiger partial charge in [0.1, 0.15) is 30.3 Å². The van der Waals surface area contributed by atoms with Crippen molar-refractivity contribution in [2.45, 2.75) is 19.4 Å². The van der Waals surface area contributed by atoms with Gasteiger partial charge in [0.2, 0.25) is 0 Å². The van der Waals surface area contributed by atoms with Crippen molar-refractivity contribution in [1.82, 2.24) is 24.6 Å². The highest BCUT2D eigenvalue weighted by molar-refractivity contribution is 5.94. The highest BCUT2D eigenvalue weighted by atomic mass is 16.5. The number of ether oxygens (including phenoxy) is 1. The number of likely N-dealkylation sites (tertiary alicyclic amines) is 1. The summed E-state index contributed by atoms with van der Waals surface area (Å²) >= 11 is 0. The third kappa shape index (κ3) is 3.15. The minimum Gasteiger partial charge on any atom is -0.486 e. The van der Waals surface area contributed by atoms with Gasteiger partial charge in [-0.25, -0.2) is 4.98 Å². The average Bonchev–Trinajstić information content (AvgIpc) is 3.19. The van der Waals surface area contributed by atoms with Gasteiger partial charge < -0.3 is 9.64 Å². The van der Waals surface area contributed by atoms with Crippen LogP contribution in [0.3, 0.4) is 0 Å². The van der Waals surface area contributed by atoms with E-state index in [-0.39, 0.29) is 12.0 Å². The third-order valence-electron chi connectivity index (χ3n) is 4.46. The minimum atomic E-state index is -0.0311. The molecule has 1 fully saturated rings. The molecule has 3 heterocycles. The highest BCUT2D eigenvalue weighted by Gasteiger charge is 2.33. The van der Waals surface area contributed by atoms with Crippen LogP contribution in [0.25, 0.3) is 5.82 Å². The number of rotatable bonds is 5. The van der Waals surface area contributed by atoms with Crippen molar-refractivity contribution in [3.05, 3.63) is 66.4 Å². The monoisotopic (exact) mass is 349 g/mol. The number of amides is 1. The Morgan fingerprint density at radius 1 is 1.15 bits per heavy atom. The molecule has 0 N–H and O–H groups in total. The molecule has 1 aliphatic rings. The molecule has 0 aliphatic carbocycles. The van der Waals surface area contributed by atoms with E-state index < -0.39 is 0 Å². The summed E-state index contributed by atoms with van der Waals surface area (Å²) in [5, 5.41) is 7.49. The van der Waals surface area contributed by atoms with E-state index in [1.165, 1.54) is 5.56 Å². The van der Waals surface area contributed by atoms with Gasteiger partial charge in [-0.3, -0.25) is 9.36 Å². The number of hydrogen-bond acceptors (Lipinski definition) is 5. The fraction of sp³-hybridized carbons (Fsp3) is 0.263. The zero-order valence-electron chi connectivity index (χ0n) is 14.4. The third-order valence-corrected chi connectivity index (χ3v) is 4.46. The molecule has 1 amide bonds. The van der Waals surface area contributed by atoms with Crippen LogP contribution in [0, 0.1) is 0 Å². The van der Waals surface area contributed by atoms with Gasteiger partial charge >= 0.3 is 0 Å². The van der Waals surface area contributed by atoms with Crippen molar-refractivity contribution in [3.63, 3.8) is 0 Å². The Kier molecular flexibility index (Phi) is 4.35. The van der Waals surface area contributed by atoms with E-state index in [9.17, 15) is 4.79 Å². The van der Waals surface area contributed by atoms with Gasteiger partial charge in [0.05, 0.1) is 18.7 Å². The molecule has 2 aromatic heterocycles. The van der Waals surface area contributed by atoms with Crippen molar-refractivity contribution in [3.8, 4) is 11.6 Å². The number of pyridine rings is 1. The largest absolute Gasteiger partial charge is 0.486 e. The van der Waals surface area contributed by atoms with Crippen LogP contribution in [-0.2, 0) is 6.42 Å². The second kappa shape index (κ2) is 6.95. The van der Waals surface area contributed by atoms with E-state index in [1.807, 2.05) is 18.2 Å². The van der Waals surface area contributed by atoms with Crippen molar-refractivity contribution in [2.75, 3.05) is 13.1 Å². The van der Waals surface area contributed by atoms with Gasteiger partial charge in [-0.1, -0.05) is 25.1 Å². The van der Waals surface area contributed by atoms with Crippen LogP contribution in [0.2, 0.25) is 0 Å². The second-order valence-corrected chi connectivity index (χ2v) is 6.19. The van der Waals surface area contributed by atoms with Crippen molar-refractivity contribution in [1.29, 1.82) is 0 Å². The minimum absolute atomic E-state index is 0.0311. The molecule has 0 bridgehead atoms. The van der Waals surface area contributed by atoms with Crippen LogP contribution >= 0.6 is 0 Å². The molecule has 1 saturated heterocycles. The summed E-state index contributed by atoms with van der Waals surface area (Å²) in [6.45, 7) is 3.28. The standard InChI is InChI=1S/C19H19N5O2/c1-2-14-5-3-4-6-17(14)26-16-10-23(11-16)19(25)15-7-8-18(20-9-15)24-12-21-22-13-24/h3-9,12-13,16H,2,10-11H2,1H3. The first-order chi connectivity index (χ1) is 12.7. The van der Waals surface area contributed by atoms with Gasteiger partial charge in [-0.15, -0.1) is 10.2 Å². The number of para-hydroxylation sites is 1. The predicted molar refractivity (Wildman–Crippen MR) is 95.3 cm³/mol. The van der Waals surface area contributed by atoms with E-state index in [1.54, 1.807) is 40.5 Å². The van der Waals surface area contributed by atoms with Crippen molar-refractivity contribution < 1.29 is 9.53 Å². The van der Waals surface area contributed by atoms with Gasteiger partial charge in [-0.05, 0) is 30.2 Å². The smallest absolute Gasteiger partial charge is 0.255 e. The lowest BCUT2D eigenvalue weighted by Gasteiger charge is -2.39. The zero-order valence-corrected chi connectivity index (χ0v) is 14.4. The van der Waals surface area contributed by atoms with Crippen LogP contribution < -0.4 is 4.74 Å². The summed E-state index contributed by atoms with van der Waals surface area (Å²) in [6, 6.07) is 11.6. The Morgan fingerprint density at radius 3 is 2.62 bits per heavy atom. The summed E-state index contributed by atoms with van der Waals surface area (Å²) in [6.07, 6.45) is 5.68. The average molecular weight is 349 g/mol. The summed E-state index contributed by atoms with van der Waals surface area (Å²) in [5.41, 5.74) is 1.75. The van der Waals surface area contributed by atoms with Gasteiger partial charge in [0.15, 0.2) is 0 Å². The van der Waals surface area contributed by atoms with Crippen molar-refractivity contribution in [2.24, 2.45) is 0 Å². The summed E-state index contributed by atoms with van der Waals surface area (Å²) in [7, 11) is 0. The number of aromatic nitrogens is 4. The molecule has 4 rings (SSSR count). The number of hydrogen-bond donors (Lipinski definition) is 0. The summed E-state index contributed by atoms with van der Waals surface area (Å²) in [4.78, 5) is 18.6. The van der Waals surface area contributed by atoms with Crippen LogP contribution in [0.1, 0.15) is 22.8 Å². The molecular weight excluding hydrogens is 330 g/mol. The molecular formula is C19H19N5O2. The Bertz CT molecular complexity index is 887. The molecule has 7 heteroatoms. The lowest BCUT2D eigenvalue weighted by molar-refractivity contribution is 0.0174. The molecule has 132 valence electrons. The van der Waals surface area contributed by atoms with Crippen LogP contribution in [0.15, 0.2) is 55.2 Å². The molecule has 0 radical (unpaired) electrons. The van der Waals surface area contributed by atoms with Gasteiger partial charge in [0, 0.05) is 6.20 Å². The molecule has 7 nitrogen and oxygen atoms in total. The molecule has 0 spiro atoms. The maximum absolute atomic E-state index is 12.5. The maximum Gasteiger partial charge on any atom is 0.255 e. The quantitative estimate of drug-likeness (QED) is 0.705. The fourth-order valence-corrected chi connectivity index (χ4v) is 2.94. The Labute approximate surface area is 151 Å². The molecule has 0 atom stereocenters. The maximum atomic E-state index is 12.5. The molecule has 1 aromatic carbocycles.